The molecule has 104 valence electrons. The van der Waals surface area contributed by atoms with E-state index in [4.69, 9.17) is 5.73 Å². The summed E-state index contributed by atoms with van der Waals surface area (Å²) in [5, 5.41) is 2.99. The molecule has 3 N–H and O–H groups in total. The number of nitrogens with two attached hydrogens (primary N) is 1. The fourth-order valence-electron chi connectivity index (χ4n) is 2.41. The van der Waals surface area contributed by atoms with Gasteiger partial charge in [-0.25, -0.2) is 4.79 Å². The first kappa shape index (κ1) is 13.9. The number of carbonyl (C=O) groups is 1. The fraction of sp³-hybridized carbons (Fsp3) is 0.533. The zero-order valence-electron chi connectivity index (χ0n) is 11.4. The Hall–Kier alpha value is -1.55. The molecule has 0 saturated heterocycles. The summed E-state index contributed by atoms with van der Waals surface area (Å²) in [5.74, 6) is 0. The molecular formula is C15H23N3O. The van der Waals surface area contributed by atoms with E-state index in [0.717, 1.165) is 51.9 Å². The summed E-state index contributed by atoms with van der Waals surface area (Å²) >= 11 is 0. The van der Waals surface area contributed by atoms with E-state index in [1.807, 2.05) is 17.0 Å². The minimum absolute atomic E-state index is 0.0509. The summed E-state index contributed by atoms with van der Waals surface area (Å²) in [6, 6.07) is 8.29. The number of nitrogens with zero attached hydrogens (tertiary/aromatic N) is 1. The average Bonchev–Trinajstić information content (AvgIpc) is 2.86. The van der Waals surface area contributed by atoms with E-state index >= 15 is 0 Å². The summed E-state index contributed by atoms with van der Waals surface area (Å²) < 4.78 is 0. The number of fused-ring (bicyclic) bond motifs is 1. The third kappa shape index (κ3) is 3.96. The maximum Gasteiger partial charge on any atom is 0.318 e. The largest absolute Gasteiger partial charge is 0.338 e. The first-order valence-corrected chi connectivity index (χ1v) is 7.11. The summed E-state index contributed by atoms with van der Waals surface area (Å²) in [7, 11) is 0. The molecular weight excluding hydrogens is 238 g/mol. The molecule has 0 spiro atoms. The maximum absolute atomic E-state index is 12.0. The van der Waals surface area contributed by atoms with Gasteiger partial charge in [0.1, 0.15) is 0 Å². The Balaban J connectivity index is 1.66. The van der Waals surface area contributed by atoms with E-state index in [1.54, 1.807) is 0 Å². The number of urea groups is 1. The molecule has 4 heteroatoms. The highest BCUT2D eigenvalue weighted by atomic mass is 16.2. The third-order valence-electron chi connectivity index (χ3n) is 3.54. The Kier molecular flexibility index (Phi) is 5.21. The average molecular weight is 261 g/mol. The molecule has 1 aliphatic rings. The van der Waals surface area contributed by atoms with Crippen LogP contribution in [0.3, 0.4) is 0 Å². The van der Waals surface area contributed by atoms with Gasteiger partial charge in [-0.15, -0.1) is 0 Å². The second-order valence-electron chi connectivity index (χ2n) is 5.06. The van der Waals surface area contributed by atoms with Gasteiger partial charge in [-0.05, 0) is 30.5 Å². The number of unbranched alkanes of at least 4 members (excludes halogenated alkanes) is 3. The van der Waals surface area contributed by atoms with Crippen molar-refractivity contribution in [3.05, 3.63) is 35.4 Å². The van der Waals surface area contributed by atoms with Crippen LogP contribution in [0.5, 0.6) is 0 Å². The lowest BCUT2D eigenvalue weighted by atomic mass is 10.1. The Morgan fingerprint density at radius 2 is 1.74 bits per heavy atom. The normalized spacial score (nSPS) is 13.4. The van der Waals surface area contributed by atoms with Crippen molar-refractivity contribution < 1.29 is 4.79 Å². The van der Waals surface area contributed by atoms with Crippen molar-refractivity contribution in [1.82, 2.24) is 10.2 Å². The lowest BCUT2D eigenvalue weighted by Crippen LogP contribution is -2.36. The molecule has 1 aliphatic heterocycles. The zero-order chi connectivity index (χ0) is 13.5. The van der Waals surface area contributed by atoms with Crippen LogP contribution >= 0.6 is 0 Å². The van der Waals surface area contributed by atoms with Gasteiger partial charge >= 0.3 is 6.03 Å². The lowest BCUT2D eigenvalue weighted by Gasteiger charge is -2.16. The first-order valence-electron chi connectivity index (χ1n) is 7.11. The molecule has 19 heavy (non-hydrogen) atoms. The quantitative estimate of drug-likeness (QED) is 0.771. The molecule has 2 amide bonds. The van der Waals surface area contributed by atoms with Gasteiger partial charge < -0.3 is 16.0 Å². The Bertz CT molecular complexity index is 395. The molecule has 0 radical (unpaired) electrons. The minimum Gasteiger partial charge on any atom is -0.338 e. The van der Waals surface area contributed by atoms with Crippen LogP contribution in [-0.4, -0.2) is 24.0 Å². The van der Waals surface area contributed by atoms with Gasteiger partial charge in [0.15, 0.2) is 0 Å². The van der Waals surface area contributed by atoms with Gasteiger partial charge in [0.05, 0.1) is 0 Å². The van der Waals surface area contributed by atoms with Crippen LogP contribution in [-0.2, 0) is 13.1 Å². The van der Waals surface area contributed by atoms with Crippen LogP contribution in [0, 0.1) is 0 Å². The van der Waals surface area contributed by atoms with Crippen molar-refractivity contribution in [3.8, 4) is 0 Å². The van der Waals surface area contributed by atoms with E-state index in [2.05, 4.69) is 17.4 Å². The van der Waals surface area contributed by atoms with Crippen LogP contribution in [0.15, 0.2) is 24.3 Å². The maximum atomic E-state index is 12.0. The van der Waals surface area contributed by atoms with Gasteiger partial charge in [-0.3, -0.25) is 0 Å². The molecule has 1 heterocycles. The molecule has 1 aromatic rings. The van der Waals surface area contributed by atoms with Crippen LogP contribution in [0.25, 0.3) is 0 Å². The van der Waals surface area contributed by atoms with E-state index in [9.17, 15) is 4.79 Å². The number of nitrogens with one attached hydrogen (secondary N) is 1. The zero-order valence-corrected chi connectivity index (χ0v) is 11.4. The van der Waals surface area contributed by atoms with E-state index in [-0.39, 0.29) is 6.03 Å². The van der Waals surface area contributed by atoms with Gasteiger partial charge in [-0.1, -0.05) is 37.1 Å². The van der Waals surface area contributed by atoms with Crippen LogP contribution in [0.2, 0.25) is 0 Å². The number of amides is 2. The molecule has 0 fully saturated rings. The molecule has 0 saturated carbocycles. The van der Waals surface area contributed by atoms with Crippen LogP contribution in [0.1, 0.15) is 36.8 Å². The second kappa shape index (κ2) is 7.14. The van der Waals surface area contributed by atoms with Crippen molar-refractivity contribution >= 4 is 6.03 Å². The van der Waals surface area contributed by atoms with Crippen molar-refractivity contribution in [2.24, 2.45) is 5.73 Å². The first-order chi connectivity index (χ1) is 9.31. The summed E-state index contributed by atoms with van der Waals surface area (Å²) in [6.07, 6.45) is 4.40. The third-order valence-corrected chi connectivity index (χ3v) is 3.54. The van der Waals surface area contributed by atoms with Crippen molar-refractivity contribution in [2.45, 2.75) is 38.8 Å². The molecule has 0 atom stereocenters. The number of carbonyl (C=O) groups excluding carboxylic acids is 1. The highest BCUT2D eigenvalue weighted by molar-refractivity contribution is 5.75. The van der Waals surface area contributed by atoms with Crippen molar-refractivity contribution in [2.75, 3.05) is 13.1 Å². The fourth-order valence-corrected chi connectivity index (χ4v) is 2.41. The molecule has 0 bridgehead atoms. The second-order valence-corrected chi connectivity index (χ2v) is 5.06. The van der Waals surface area contributed by atoms with Crippen LogP contribution in [0.4, 0.5) is 4.79 Å². The lowest BCUT2D eigenvalue weighted by molar-refractivity contribution is 0.198. The van der Waals surface area contributed by atoms with Crippen LogP contribution < -0.4 is 11.1 Å². The monoisotopic (exact) mass is 261 g/mol. The molecule has 2 rings (SSSR count). The Labute approximate surface area is 115 Å². The molecule has 1 aromatic carbocycles. The number of benzene rings is 1. The molecule has 4 nitrogen and oxygen atoms in total. The highest BCUT2D eigenvalue weighted by Gasteiger charge is 2.22. The Morgan fingerprint density at radius 1 is 1.11 bits per heavy atom. The predicted octanol–water partition coefficient (Wildman–Crippen LogP) is 2.23. The smallest absolute Gasteiger partial charge is 0.318 e. The molecule has 0 unspecified atom stereocenters. The minimum atomic E-state index is 0.0509. The topological polar surface area (TPSA) is 58.4 Å². The summed E-state index contributed by atoms with van der Waals surface area (Å²) in [5.41, 5.74) is 7.97. The molecule has 0 aromatic heterocycles. The van der Waals surface area contributed by atoms with Gasteiger partial charge in [-0.2, -0.15) is 0 Å². The highest BCUT2D eigenvalue weighted by Crippen LogP contribution is 2.21. The molecule has 0 aliphatic carbocycles. The van der Waals surface area contributed by atoms with Gasteiger partial charge in [0, 0.05) is 19.6 Å². The SMILES string of the molecule is NCCCCCCNC(=O)N1Cc2ccccc2C1. The summed E-state index contributed by atoms with van der Waals surface area (Å²) in [6.45, 7) is 2.99. The predicted molar refractivity (Wildman–Crippen MR) is 76.6 cm³/mol. The number of hydrogen-bond donors (Lipinski definition) is 2. The van der Waals surface area contributed by atoms with Gasteiger partial charge in [0.2, 0.25) is 0 Å². The van der Waals surface area contributed by atoms with E-state index in [0.29, 0.717) is 0 Å². The summed E-state index contributed by atoms with van der Waals surface area (Å²) in [4.78, 5) is 13.9. The number of rotatable bonds is 6. The Morgan fingerprint density at radius 3 is 2.37 bits per heavy atom. The van der Waals surface area contributed by atoms with Crippen molar-refractivity contribution in [1.29, 1.82) is 0 Å². The standard InChI is InChI=1S/C15H23N3O/c16-9-5-1-2-6-10-17-15(19)18-11-13-7-3-4-8-14(13)12-18/h3-4,7-8H,1-2,5-6,9-12,16H2,(H,17,19). The van der Waals surface area contributed by atoms with E-state index < -0.39 is 0 Å². The number of hydrogen-bond acceptors (Lipinski definition) is 2. The van der Waals surface area contributed by atoms with Crippen molar-refractivity contribution in [3.63, 3.8) is 0 Å². The van der Waals surface area contributed by atoms with Gasteiger partial charge in [0.25, 0.3) is 0 Å². The van der Waals surface area contributed by atoms with E-state index in [1.165, 1.54) is 11.1 Å².